The molecule has 1 aliphatic heterocycles. The van der Waals surface area contributed by atoms with E-state index in [4.69, 9.17) is 14.6 Å². The van der Waals surface area contributed by atoms with Gasteiger partial charge in [0.1, 0.15) is 13.2 Å². The molecular weight excluding hydrogens is 210 g/mol. The molecule has 0 radical (unpaired) electrons. The summed E-state index contributed by atoms with van der Waals surface area (Å²) in [6.07, 6.45) is 0. The predicted molar refractivity (Wildman–Crippen MR) is 56.9 cm³/mol. The van der Waals surface area contributed by atoms with Crippen LogP contribution in [0.3, 0.4) is 0 Å². The number of nitrogens with one attached hydrogen (secondary N) is 1. The highest BCUT2D eigenvalue weighted by molar-refractivity contribution is 5.97. The molecule has 0 unspecified atom stereocenters. The number of para-hydroxylation sites is 1. The van der Waals surface area contributed by atoms with Crippen molar-refractivity contribution in [1.29, 1.82) is 0 Å². The first-order valence-electron chi connectivity index (χ1n) is 5.10. The molecule has 0 spiro atoms. The standard InChI is InChI=1S/C11H13NO4/c13-5-4-12-11(14)8-2-1-3-9-10(8)16-7-6-15-9/h1-3,13H,4-7H2,(H,12,14). The maximum atomic E-state index is 11.7. The zero-order valence-electron chi connectivity index (χ0n) is 8.73. The van der Waals surface area contributed by atoms with Crippen molar-refractivity contribution < 1.29 is 19.4 Å². The normalized spacial score (nSPS) is 13.3. The fraction of sp³-hybridized carbons (Fsp3) is 0.364. The van der Waals surface area contributed by atoms with E-state index in [-0.39, 0.29) is 19.1 Å². The number of carbonyl (C=O) groups excluding carboxylic acids is 1. The van der Waals surface area contributed by atoms with Crippen LogP contribution in [0.2, 0.25) is 0 Å². The molecule has 5 heteroatoms. The lowest BCUT2D eigenvalue weighted by Gasteiger charge is -2.20. The van der Waals surface area contributed by atoms with Crippen molar-refractivity contribution >= 4 is 5.91 Å². The predicted octanol–water partition coefficient (Wildman–Crippen LogP) is 0.180. The summed E-state index contributed by atoms with van der Waals surface area (Å²) >= 11 is 0. The molecule has 0 fully saturated rings. The summed E-state index contributed by atoms with van der Waals surface area (Å²) in [5, 5.41) is 11.2. The summed E-state index contributed by atoms with van der Waals surface area (Å²) in [6, 6.07) is 5.17. The molecule has 5 nitrogen and oxygen atoms in total. The Morgan fingerprint density at radius 2 is 2.19 bits per heavy atom. The van der Waals surface area contributed by atoms with Gasteiger partial charge in [-0.15, -0.1) is 0 Å². The average Bonchev–Trinajstić information content (AvgIpc) is 2.35. The minimum atomic E-state index is -0.267. The van der Waals surface area contributed by atoms with Crippen LogP contribution < -0.4 is 14.8 Å². The lowest BCUT2D eigenvalue weighted by Crippen LogP contribution is -2.28. The Kier molecular flexibility index (Phi) is 3.26. The lowest BCUT2D eigenvalue weighted by molar-refractivity contribution is 0.0933. The molecule has 0 saturated heterocycles. The van der Waals surface area contributed by atoms with Crippen molar-refractivity contribution in [3.05, 3.63) is 23.8 Å². The number of amides is 1. The van der Waals surface area contributed by atoms with Crippen molar-refractivity contribution in [1.82, 2.24) is 5.32 Å². The van der Waals surface area contributed by atoms with E-state index < -0.39 is 0 Å². The first-order valence-corrected chi connectivity index (χ1v) is 5.10. The summed E-state index contributed by atoms with van der Waals surface area (Å²) in [5.41, 5.74) is 0.436. The number of rotatable bonds is 3. The van der Waals surface area contributed by atoms with Gasteiger partial charge >= 0.3 is 0 Å². The van der Waals surface area contributed by atoms with Gasteiger partial charge in [-0.1, -0.05) is 6.07 Å². The monoisotopic (exact) mass is 223 g/mol. The summed E-state index contributed by atoms with van der Waals surface area (Å²) in [7, 11) is 0. The van der Waals surface area contributed by atoms with Gasteiger partial charge in [-0.3, -0.25) is 4.79 Å². The number of hydrogen-bond acceptors (Lipinski definition) is 4. The largest absolute Gasteiger partial charge is 0.486 e. The van der Waals surface area contributed by atoms with Crippen LogP contribution in [0, 0.1) is 0 Å². The molecule has 1 aliphatic rings. The van der Waals surface area contributed by atoms with Gasteiger partial charge in [-0.2, -0.15) is 0 Å². The second-order valence-electron chi connectivity index (χ2n) is 3.31. The van der Waals surface area contributed by atoms with Crippen LogP contribution >= 0.6 is 0 Å². The van der Waals surface area contributed by atoms with E-state index in [2.05, 4.69) is 5.32 Å². The summed E-state index contributed by atoms with van der Waals surface area (Å²) in [5.74, 6) is 0.795. The maximum absolute atomic E-state index is 11.7. The van der Waals surface area contributed by atoms with Gasteiger partial charge in [0.05, 0.1) is 12.2 Å². The molecule has 0 bridgehead atoms. The van der Waals surface area contributed by atoms with Crippen molar-refractivity contribution in [3.63, 3.8) is 0 Å². The van der Waals surface area contributed by atoms with Crippen molar-refractivity contribution in [3.8, 4) is 11.5 Å². The number of benzene rings is 1. The third kappa shape index (κ3) is 2.09. The highest BCUT2D eigenvalue weighted by atomic mass is 16.6. The van der Waals surface area contributed by atoms with E-state index in [1.54, 1.807) is 18.2 Å². The smallest absolute Gasteiger partial charge is 0.255 e. The number of hydrogen-bond donors (Lipinski definition) is 2. The van der Waals surface area contributed by atoms with Crippen LogP contribution in [0.5, 0.6) is 11.5 Å². The van der Waals surface area contributed by atoms with Crippen LogP contribution in [-0.4, -0.2) is 37.4 Å². The van der Waals surface area contributed by atoms with Gasteiger partial charge in [0.2, 0.25) is 0 Å². The Bertz CT molecular complexity index is 392. The van der Waals surface area contributed by atoms with E-state index in [1.807, 2.05) is 0 Å². The van der Waals surface area contributed by atoms with E-state index in [0.29, 0.717) is 30.3 Å². The van der Waals surface area contributed by atoms with Gasteiger partial charge in [-0.05, 0) is 12.1 Å². The molecule has 1 aromatic carbocycles. The molecule has 0 aliphatic carbocycles. The molecule has 1 aromatic rings. The van der Waals surface area contributed by atoms with E-state index >= 15 is 0 Å². The van der Waals surface area contributed by atoms with Crippen molar-refractivity contribution in [2.24, 2.45) is 0 Å². The molecular formula is C11H13NO4. The number of aliphatic hydroxyl groups is 1. The lowest BCUT2D eigenvalue weighted by atomic mass is 10.1. The van der Waals surface area contributed by atoms with Crippen LogP contribution in [0.25, 0.3) is 0 Å². The maximum Gasteiger partial charge on any atom is 0.255 e. The zero-order valence-corrected chi connectivity index (χ0v) is 8.73. The molecule has 2 N–H and O–H groups in total. The van der Waals surface area contributed by atoms with Crippen LogP contribution in [0.4, 0.5) is 0 Å². The third-order valence-corrected chi connectivity index (χ3v) is 2.21. The Morgan fingerprint density at radius 1 is 1.38 bits per heavy atom. The molecule has 2 rings (SSSR count). The molecule has 0 atom stereocenters. The first kappa shape index (κ1) is 10.8. The van der Waals surface area contributed by atoms with Crippen LogP contribution in [0.15, 0.2) is 18.2 Å². The highest BCUT2D eigenvalue weighted by Gasteiger charge is 2.19. The average molecular weight is 223 g/mol. The Labute approximate surface area is 93.0 Å². The minimum absolute atomic E-state index is 0.0852. The molecule has 1 heterocycles. The molecule has 0 saturated carbocycles. The van der Waals surface area contributed by atoms with Crippen LogP contribution in [-0.2, 0) is 0 Å². The SMILES string of the molecule is O=C(NCCO)c1cccc2c1OCCO2. The summed E-state index contributed by atoms with van der Waals surface area (Å²) in [4.78, 5) is 11.7. The second-order valence-corrected chi connectivity index (χ2v) is 3.31. The van der Waals surface area contributed by atoms with Crippen LogP contribution in [0.1, 0.15) is 10.4 Å². The summed E-state index contributed by atoms with van der Waals surface area (Å²) in [6.45, 7) is 1.08. The quantitative estimate of drug-likeness (QED) is 0.767. The number of aliphatic hydroxyl groups excluding tert-OH is 1. The van der Waals surface area contributed by atoms with Gasteiger partial charge in [0.25, 0.3) is 5.91 Å². The number of fused-ring (bicyclic) bond motifs is 1. The fourth-order valence-electron chi connectivity index (χ4n) is 1.52. The Hall–Kier alpha value is -1.75. The van der Waals surface area contributed by atoms with E-state index in [9.17, 15) is 4.79 Å². The molecule has 86 valence electrons. The first-order chi connectivity index (χ1) is 7.83. The van der Waals surface area contributed by atoms with Crippen molar-refractivity contribution in [2.45, 2.75) is 0 Å². The summed E-state index contributed by atoms with van der Waals surface area (Å²) < 4.78 is 10.8. The zero-order chi connectivity index (χ0) is 11.4. The highest BCUT2D eigenvalue weighted by Crippen LogP contribution is 2.33. The number of ether oxygens (including phenoxy) is 2. The fourth-order valence-corrected chi connectivity index (χ4v) is 1.52. The number of carbonyl (C=O) groups is 1. The topological polar surface area (TPSA) is 67.8 Å². The molecule has 16 heavy (non-hydrogen) atoms. The molecule has 1 amide bonds. The third-order valence-electron chi connectivity index (χ3n) is 2.21. The van der Waals surface area contributed by atoms with Gasteiger partial charge in [0.15, 0.2) is 11.5 Å². The van der Waals surface area contributed by atoms with Gasteiger partial charge in [-0.25, -0.2) is 0 Å². The van der Waals surface area contributed by atoms with Gasteiger partial charge < -0.3 is 19.9 Å². The minimum Gasteiger partial charge on any atom is -0.486 e. The molecule has 0 aromatic heterocycles. The Morgan fingerprint density at radius 3 is 3.00 bits per heavy atom. The van der Waals surface area contributed by atoms with Gasteiger partial charge in [0, 0.05) is 6.54 Å². The van der Waals surface area contributed by atoms with Crippen molar-refractivity contribution in [2.75, 3.05) is 26.4 Å². The van der Waals surface area contributed by atoms with E-state index in [0.717, 1.165) is 0 Å². The Balaban J connectivity index is 2.23. The van der Waals surface area contributed by atoms with E-state index in [1.165, 1.54) is 0 Å². The second kappa shape index (κ2) is 4.85.